The van der Waals surface area contributed by atoms with Crippen LogP contribution < -0.4 is 4.90 Å². The van der Waals surface area contributed by atoms with E-state index >= 15 is 0 Å². The number of nitrogens with zero attached hydrogens (tertiary/aromatic N) is 2. The van der Waals surface area contributed by atoms with Gasteiger partial charge in [-0.2, -0.15) is 0 Å². The number of aliphatic hydroxyl groups is 1. The number of carbonyl (C=O) groups is 1. The molecule has 2 saturated heterocycles. The van der Waals surface area contributed by atoms with Crippen LogP contribution in [0, 0.1) is 0 Å². The van der Waals surface area contributed by atoms with Crippen molar-refractivity contribution in [1.82, 2.24) is 4.90 Å². The fourth-order valence-electron chi connectivity index (χ4n) is 3.24. The van der Waals surface area contributed by atoms with Crippen LogP contribution in [0.15, 0.2) is 24.3 Å². The van der Waals surface area contributed by atoms with Crippen molar-refractivity contribution in [3.8, 4) is 0 Å². The van der Waals surface area contributed by atoms with Crippen molar-refractivity contribution < 1.29 is 9.90 Å². The second-order valence-corrected chi connectivity index (χ2v) is 5.74. The quantitative estimate of drug-likeness (QED) is 0.916. The molecule has 108 valence electrons. The second-order valence-electron chi connectivity index (χ2n) is 5.74. The Hall–Kier alpha value is -1.55. The zero-order chi connectivity index (χ0) is 14.1. The number of rotatable bonds is 3. The van der Waals surface area contributed by atoms with Gasteiger partial charge in [-0.05, 0) is 30.5 Å². The van der Waals surface area contributed by atoms with Gasteiger partial charge in [-0.3, -0.25) is 4.79 Å². The van der Waals surface area contributed by atoms with Crippen molar-refractivity contribution in [2.45, 2.75) is 38.3 Å². The average molecular weight is 274 g/mol. The van der Waals surface area contributed by atoms with Crippen molar-refractivity contribution >= 4 is 11.6 Å². The molecule has 1 aromatic rings. The maximum absolute atomic E-state index is 11.7. The van der Waals surface area contributed by atoms with Crippen LogP contribution in [0.3, 0.4) is 0 Å². The maximum Gasteiger partial charge on any atom is 0.223 e. The normalized spacial score (nSPS) is 23.9. The molecule has 0 bridgehead atoms. The predicted octanol–water partition coefficient (Wildman–Crippen LogP) is 1.94. The Balaban J connectivity index is 1.69. The molecule has 2 aliphatic heterocycles. The molecule has 1 unspecified atom stereocenters. The molecule has 1 amide bonds. The summed E-state index contributed by atoms with van der Waals surface area (Å²) in [5.74, 6) is 0.316. The number of carbonyl (C=O) groups excluding carboxylic acids is 1. The average Bonchev–Trinajstić information content (AvgIpc) is 2.87. The molecule has 20 heavy (non-hydrogen) atoms. The van der Waals surface area contributed by atoms with E-state index in [1.165, 1.54) is 5.69 Å². The summed E-state index contributed by atoms with van der Waals surface area (Å²) in [7, 11) is 0. The summed E-state index contributed by atoms with van der Waals surface area (Å²) in [6.07, 6.45) is 2.07. The molecular weight excluding hydrogens is 252 g/mol. The molecule has 4 nitrogen and oxygen atoms in total. The highest BCUT2D eigenvalue weighted by atomic mass is 16.3. The van der Waals surface area contributed by atoms with E-state index in [4.69, 9.17) is 0 Å². The maximum atomic E-state index is 11.7. The first-order chi connectivity index (χ1) is 9.69. The molecule has 0 aliphatic carbocycles. The summed E-state index contributed by atoms with van der Waals surface area (Å²) in [4.78, 5) is 16.1. The lowest BCUT2D eigenvalue weighted by atomic mass is 10.1. The SMILES string of the molecule is CC[C@@H](O)c1ccc(N2CCN3C(=O)CCC3C2)cc1. The fourth-order valence-corrected chi connectivity index (χ4v) is 3.24. The van der Waals surface area contributed by atoms with E-state index in [2.05, 4.69) is 17.0 Å². The topological polar surface area (TPSA) is 43.8 Å². The van der Waals surface area contributed by atoms with Gasteiger partial charge in [-0.1, -0.05) is 19.1 Å². The molecule has 2 atom stereocenters. The van der Waals surface area contributed by atoms with E-state index in [1.54, 1.807) is 0 Å². The Morgan fingerprint density at radius 2 is 2.05 bits per heavy atom. The minimum atomic E-state index is -0.367. The van der Waals surface area contributed by atoms with Gasteiger partial charge in [-0.25, -0.2) is 0 Å². The number of aliphatic hydroxyl groups excluding tert-OH is 1. The van der Waals surface area contributed by atoms with Crippen molar-refractivity contribution in [1.29, 1.82) is 0 Å². The fraction of sp³-hybridized carbons (Fsp3) is 0.562. The minimum absolute atomic E-state index is 0.316. The molecule has 3 rings (SSSR count). The largest absolute Gasteiger partial charge is 0.388 e. The van der Waals surface area contributed by atoms with Crippen LogP contribution in [0.2, 0.25) is 0 Å². The lowest BCUT2D eigenvalue weighted by Gasteiger charge is -2.39. The molecule has 1 N–H and O–H groups in total. The van der Waals surface area contributed by atoms with Crippen LogP contribution in [0.5, 0.6) is 0 Å². The van der Waals surface area contributed by atoms with Crippen molar-refractivity contribution in [2.75, 3.05) is 24.5 Å². The number of hydrogen-bond acceptors (Lipinski definition) is 3. The number of anilines is 1. The zero-order valence-corrected chi connectivity index (χ0v) is 12.0. The molecule has 2 aliphatic rings. The van der Waals surface area contributed by atoms with E-state index < -0.39 is 0 Å². The summed E-state index contributed by atoms with van der Waals surface area (Å²) < 4.78 is 0. The van der Waals surface area contributed by atoms with E-state index in [9.17, 15) is 9.90 Å². The van der Waals surface area contributed by atoms with Crippen molar-refractivity contribution in [3.05, 3.63) is 29.8 Å². The molecule has 1 aromatic carbocycles. The molecule has 0 radical (unpaired) electrons. The third kappa shape index (κ3) is 2.40. The van der Waals surface area contributed by atoms with Crippen LogP contribution in [0.4, 0.5) is 5.69 Å². The monoisotopic (exact) mass is 274 g/mol. The van der Waals surface area contributed by atoms with E-state index in [-0.39, 0.29) is 6.10 Å². The summed E-state index contributed by atoms with van der Waals surface area (Å²) in [6.45, 7) is 4.65. The van der Waals surface area contributed by atoms with Gasteiger partial charge in [0, 0.05) is 37.8 Å². The first kappa shape index (κ1) is 13.4. The molecular formula is C16H22N2O2. The van der Waals surface area contributed by atoms with Gasteiger partial charge in [0.25, 0.3) is 0 Å². The highest BCUT2D eigenvalue weighted by Gasteiger charge is 2.35. The van der Waals surface area contributed by atoms with E-state index in [0.717, 1.165) is 38.0 Å². The first-order valence-corrected chi connectivity index (χ1v) is 7.51. The third-order valence-corrected chi connectivity index (χ3v) is 4.52. The lowest BCUT2D eigenvalue weighted by molar-refractivity contribution is -0.129. The van der Waals surface area contributed by atoms with Gasteiger partial charge in [0.1, 0.15) is 0 Å². The van der Waals surface area contributed by atoms with Crippen molar-refractivity contribution in [2.24, 2.45) is 0 Å². The molecule has 0 aromatic heterocycles. The Labute approximate surface area is 120 Å². The van der Waals surface area contributed by atoms with Gasteiger partial charge in [0.2, 0.25) is 5.91 Å². The van der Waals surface area contributed by atoms with Gasteiger partial charge in [0.05, 0.1) is 6.10 Å². The molecule has 0 saturated carbocycles. The number of benzene rings is 1. The Morgan fingerprint density at radius 1 is 1.30 bits per heavy atom. The summed E-state index contributed by atoms with van der Waals surface area (Å²) in [5, 5.41) is 9.83. The highest BCUT2D eigenvalue weighted by molar-refractivity contribution is 5.79. The smallest absolute Gasteiger partial charge is 0.223 e. The first-order valence-electron chi connectivity index (χ1n) is 7.51. The van der Waals surface area contributed by atoms with Crippen LogP contribution in [0.1, 0.15) is 37.9 Å². The van der Waals surface area contributed by atoms with Crippen LogP contribution in [-0.4, -0.2) is 41.6 Å². The Bertz CT molecular complexity index is 486. The Morgan fingerprint density at radius 3 is 2.75 bits per heavy atom. The highest BCUT2D eigenvalue weighted by Crippen LogP contribution is 2.27. The molecule has 2 heterocycles. The summed E-state index contributed by atoms with van der Waals surface area (Å²) >= 11 is 0. The molecule has 2 fully saturated rings. The van der Waals surface area contributed by atoms with E-state index in [1.807, 2.05) is 24.0 Å². The van der Waals surface area contributed by atoms with Gasteiger partial charge < -0.3 is 14.9 Å². The number of hydrogen-bond donors (Lipinski definition) is 1. The minimum Gasteiger partial charge on any atom is -0.388 e. The van der Waals surface area contributed by atoms with Gasteiger partial charge >= 0.3 is 0 Å². The standard InChI is InChI=1S/C16H22N2O2/c1-2-15(19)12-3-5-13(6-4-12)17-9-10-18-14(11-17)7-8-16(18)20/h3-6,14-15,19H,2,7-11H2,1H3/t14?,15-/m1/s1. The van der Waals surface area contributed by atoms with Crippen LogP contribution >= 0.6 is 0 Å². The zero-order valence-electron chi connectivity index (χ0n) is 12.0. The molecule has 4 heteroatoms. The summed E-state index contributed by atoms with van der Waals surface area (Å²) in [5.41, 5.74) is 2.17. The lowest BCUT2D eigenvalue weighted by Crippen LogP contribution is -2.51. The second kappa shape index (κ2) is 5.44. The van der Waals surface area contributed by atoms with Crippen molar-refractivity contribution in [3.63, 3.8) is 0 Å². The van der Waals surface area contributed by atoms with Crippen LogP contribution in [0.25, 0.3) is 0 Å². The molecule has 0 spiro atoms. The van der Waals surface area contributed by atoms with Crippen LogP contribution in [-0.2, 0) is 4.79 Å². The van der Waals surface area contributed by atoms with Gasteiger partial charge in [0.15, 0.2) is 0 Å². The predicted molar refractivity (Wildman–Crippen MR) is 78.6 cm³/mol. The third-order valence-electron chi connectivity index (χ3n) is 4.52. The van der Waals surface area contributed by atoms with Gasteiger partial charge in [-0.15, -0.1) is 0 Å². The number of fused-ring (bicyclic) bond motifs is 1. The Kier molecular flexibility index (Phi) is 3.66. The number of piperazine rings is 1. The van der Waals surface area contributed by atoms with E-state index in [0.29, 0.717) is 18.4 Å². The number of amides is 1. The summed E-state index contributed by atoms with van der Waals surface area (Å²) in [6, 6.07) is 8.57.